The number of hydrogen-bond acceptors (Lipinski definition) is 2. The fourth-order valence-electron chi connectivity index (χ4n) is 2.18. The molecule has 0 aliphatic rings. The van der Waals surface area contributed by atoms with Crippen molar-refractivity contribution in [1.29, 1.82) is 0 Å². The highest BCUT2D eigenvalue weighted by Crippen LogP contribution is 2.22. The average molecular weight is 297 g/mol. The van der Waals surface area contributed by atoms with E-state index in [2.05, 4.69) is 55.7 Å². The van der Waals surface area contributed by atoms with Gasteiger partial charge in [-0.15, -0.1) is 0 Å². The fraction of sp³-hybridized carbons (Fsp3) is 0.278. The van der Waals surface area contributed by atoms with E-state index in [0.29, 0.717) is 5.69 Å². The van der Waals surface area contributed by atoms with Gasteiger partial charge < -0.3 is 16.4 Å². The van der Waals surface area contributed by atoms with Gasteiger partial charge in [-0.25, -0.2) is 4.79 Å². The summed E-state index contributed by atoms with van der Waals surface area (Å²) in [5, 5.41) is 5.91. The maximum atomic E-state index is 10.9. The molecule has 0 heterocycles. The second-order valence-electron chi connectivity index (χ2n) is 6.37. The highest BCUT2D eigenvalue weighted by Gasteiger charge is 2.12. The highest BCUT2D eigenvalue weighted by molar-refractivity contribution is 5.88. The Morgan fingerprint density at radius 3 is 2.27 bits per heavy atom. The van der Waals surface area contributed by atoms with Crippen LogP contribution in [0.15, 0.2) is 48.5 Å². The van der Waals surface area contributed by atoms with Crippen molar-refractivity contribution in [2.75, 3.05) is 10.6 Å². The minimum Gasteiger partial charge on any atom is -0.381 e. The number of nitrogens with one attached hydrogen (secondary N) is 2. The maximum absolute atomic E-state index is 10.9. The lowest BCUT2D eigenvalue weighted by Crippen LogP contribution is -2.19. The second kappa shape index (κ2) is 6.52. The molecule has 0 radical (unpaired) electrons. The van der Waals surface area contributed by atoms with Gasteiger partial charge in [-0.3, -0.25) is 0 Å². The molecule has 0 bridgehead atoms. The van der Waals surface area contributed by atoms with E-state index < -0.39 is 6.03 Å². The van der Waals surface area contributed by atoms with Crippen LogP contribution >= 0.6 is 0 Å². The summed E-state index contributed by atoms with van der Waals surface area (Å²) in [6, 6.07) is 15.5. The van der Waals surface area contributed by atoms with Crippen LogP contribution in [-0.2, 0) is 12.0 Å². The predicted octanol–water partition coefficient (Wildman–Crippen LogP) is 4.09. The molecule has 4 nitrogen and oxygen atoms in total. The summed E-state index contributed by atoms with van der Waals surface area (Å²) in [5.41, 5.74) is 9.44. The van der Waals surface area contributed by atoms with Gasteiger partial charge in [0, 0.05) is 17.9 Å². The van der Waals surface area contributed by atoms with Crippen LogP contribution in [0.1, 0.15) is 31.9 Å². The molecule has 116 valence electrons. The molecule has 0 spiro atoms. The van der Waals surface area contributed by atoms with E-state index in [0.717, 1.165) is 12.2 Å². The van der Waals surface area contributed by atoms with E-state index in [1.165, 1.54) is 11.1 Å². The van der Waals surface area contributed by atoms with Gasteiger partial charge in [-0.2, -0.15) is 0 Å². The van der Waals surface area contributed by atoms with Gasteiger partial charge in [0.15, 0.2) is 0 Å². The Hall–Kier alpha value is -2.49. The molecule has 22 heavy (non-hydrogen) atoms. The number of primary amides is 1. The summed E-state index contributed by atoms with van der Waals surface area (Å²) >= 11 is 0. The zero-order chi connectivity index (χ0) is 16.2. The van der Waals surface area contributed by atoms with Gasteiger partial charge in [0.25, 0.3) is 0 Å². The van der Waals surface area contributed by atoms with Gasteiger partial charge in [-0.05, 0) is 34.7 Å². The first-order valence-corrected chi connectivity index (χ1v) is 7.34. The highest BCUT2D eigenvalue weighted by atomic mass is 16.2. The molecule has 0 aliphatic heterocycles. The number of urea groups is 1. The summed E-state index contributed by atoms with van der Waals surface area (Å²) in [7, 11) is 0. The molecule has 4 heteroatoms. The largest absolute Gasteiger partial charge is 0.381 e. The Labute approximate surface area is 131 Å². The lowest BCUT2D eigenvalue weighted by molar-refractivity contribution is 0.259. The topological polar surface area (TPSA) is 67.2 Å². The lowest BCUT2D eigenvalue weighted by atomic mass is 9.87. The molecule has 0 saturated carbocycles. The minimum absolute atomic E-state index is 0.167. The van der Waals surface area contributed by atoms with Crippen LogP contribution in [0.5, 0.6) is 0 Å². The third-order valence-corrected chi connectivity index (χ3v) is 3.45. The van der Waals surface area contributed by atoms with E-state index in [-0.39, 0.29) is 5.41 Å². The maximum Gasteiger partial charge on any atom is 0.316 e. The Morgan fingerprint density at radius 2 is 1.68 bits per heavy atom. The molecule has 2 rings (SSSR count). The quantitative estimate of drug-likeness (QED) is 0.795. The number of nitrogens with two attached hydrogens (primary N) is 1. The zero-order valence-corrected chi connectivity index (χ0v) is 13.3. The Kier molecular flexibility index (Phi) is 4.71. The lowest BCUT2D eigenvalue weighted by Gasteiger charge is -2.19. The number of carbonyl (C=O) groups is 1. The van der Waals surface area contributed by atoms with Gasteiger partial charge in [0.05, 0.1) is 0 Å². The molecule has 0 saturated heterocycles. The average Bonchev–Trinajstić information content (AvgIpc) is 2.44. The van der Waals surface area contributed by atoms with E-state index >= 15 is 0 Å². The first-order valence-electron chi connectivity index (χ1n) is 7.34. The second-order valence-corrected chi connectivity index (χ2v) is 6.37. The van der Waals surface area contributed by atoms with Crippen molar-refractivity contribution in [3.05, 3.63) is 59.7 Å². The molecule has 0 aromatic heterocycles. The normalized spacial score (nSPS) is 11.0. The number of hydrogen-bond donors (Lipinski definition) is 3. The van der Waals surface area contributed by atoms with Crippen LogP contribution in [0.3, 0.4) is 0 Å². The van der Waals surface area contributed by atoms with Crippen LogP contribution in [0.4, 0.5) is 16.2 Å². The zero-order valence-electron chi connectivity index (χ0n) is 13.3. The summed E-state index contributed by atoms with van der Waals surface area (Å²) < 4.78 is 0. The standard InChI is InChI=1S/C18H23N3O/c1-18(2,3)14-9-7-13(8-10-14)12-20-15-5-4-6-16(11-15)21-17(19)22/h4-11,20H,12H2,1-3H3,(H3,19,21,22). The molecule has 0 aliphatic carbocycles. The SMILES string of the molecule is CC(C)(C)c1ccc(CNc2cccc(NC(N)=O)c2)cc1. The summed E-state index contributed by atoms with van der Waals surface area (Å²) in [6.07, 6.45) is 0. The van der Waals surface area contributed by atoms with Crippen molar-refractivity contribution in [1.82, 2.24) is 0 Å². The van der Waals surface area contributed by atoms with Crippen LogP contribution in [-0.4, -0.2) is 6.03 Å². The first-order chi connectivity index (χ1) is 10.3. The van der Waals surface area contributed by atoms with Gasteiger partial charge in [0.2, 0.25) is 0 Å². The van der Waals surface area contributed by atoms with Crippen LogP contribution in [0.2, 0.25) is 0 Å². The summed E-state index contributed by atoms with van der Waals surface area (Å²) in [6.45, 7) is 7.34. The van der Waals surface area contributed by atoms with Crippen molar-refractivity contribution in [2.45, 2.75) is 32.7 Å². The molecule has 2 aromatic rings. The van der Waals surface area contributed by atoms with E-state index in [1.807, 2.05) is 18.2 Å². The molecule has 0 unspecified atom stereocenters. The smallest absolute Gasteiger partial charge is 0.316 e. The van der Waals surface area contributed by atoms with Gasteiger partial charge >= 0.3 is 6.03 Å². The predicted molar refractivity (Wildman–Crippen MR) is 92.1 cm³/mol. The van der Waals surface area contributed by atoms with Gasteiger partial charge in [-0.1, -0.05) is 51.1 Å². The molecular formula is C18H23N3O. The van der Waals surface area contributed by atoms with Gasteiger partial charge in [0.1, 0.15) is 0 Å². The third-order valence-electron chi connectivity index (χ3n) is 3.45. The molecule has 0 fully saturated rings. The molecule has 0 atom stereocenters. The summed E-state index contributed by atoms with van der Waals surface area (Å²) in [5.74, 6) is 0. The number of amides is 2. The van der Waals surface area contributed by atoms with Crippen molar-refractivity contribution in [3.8, 4) is 0 Å². The Morgan fingerprint density at radius 1 is 1.05 bits per heavy atom. The summed E-state index contributed by atoms with van der Waals surface area (Å²) in [4.78, 5) is 10.9. The first kappa shape index (κ1) is 15.9. The van der Waals surface area contributed by atoms with Crippen LogP contribution in [0.25, 0.3) is 0 Å². The van der Waals surface area contributed by atoms with Crippen LogP contribution in [0, 0.1) is 0 Å². The third kappa shape index (κ3) is 4.52. The number of benzene rings is 2. The van der Waals surface area contributed by atoms with Crippen molar-refractivity contribution < 1.29 is 4.79 Å². The van der Waals surface area contributed by atoms with E-state index in [4.69, 9.17) is 5.73 Å². The Bertz CT molecular complexity index is 642. The fourth-order valence-corrected chi connectivity index (χ4v) is 2.18. The van der Waals surface area contributed by atoms with E-state index in [9.17, 15) is 4.79 Å². The number of anilines is 2. The van der Waals surface area contributed by atoms with Crippen LogP contribution < -0.4 is 16.4 Å². The Balaban J connectivity index is 1.99. The number of rotatable bonds is 4. The molecule has 2 aromatic carbocycles. The molecule has 4 N–H and O–H groups in total. The van der Waals surface area contributed by atoms with Crippen molar-refractivity contribution >= 4 is 17.4 Å². The van der Waals surface area contributed by atoms with Crippen molar-refractivity contribution in [2.24, 2.45) is 5.73 Å². The van der Waals surface area contributed by atoms with Crippen molar-refractivity contribution in [3.63, 3.8) is 0 Å². The van der Waals surface area contributed by atoms with E-state index in [1.54, 1.807) is 6.07 Å². The molecular weight excluding hydrogens is 274 g/mol. The monoisotopic (exact) mass is 297 g/mol. The minimum atomic E-state index is -0.560. The molecule has 2 amide bonds. The number of carbonyl (C=O) groups excluding carboxylic acids is 1.